The normalized spacial score (nSPS) is 25.4. The Bertz CT molecular complexity index is 2300. The molecule has 3 saturated heterocycles. The number of carbonyl (C=O) groups excluding carboxylic acids is 4. The standard InChI is InChI=1S/C42H47F3N10O6/c43-42(44,45)41-50-49-32-11-13-34(51-55(32)41)61-27-7-5-26(6-8-27)47-39(59)25-4-10-31(46-22-25)54-20-18-52(19-21-54)23-24-14-16-53(17-15-24)30-3-1-2-28-35(30)38(58)36(37(28)57)29-9-12-33(56)48-40(29)60/h1-4,10-11,13,22,24,26-27,29,36,38,58H,5-9,12,14-21,23H2,(H,47,59)(H,48,56,60). The van der Waals surface area contributed by atoms with Gasteiger partial charge in [0.05, 0.1) is 23.5 Å². The summed E-state index contributed by atoms with van der Waals surface area (Å²) in [6.07, 6.45) is 0.385. The van der Waals surface area contributed by atoms with Crippen molar-refractivity contribution in [2.24, 2.45) is 17.8 Å². The molecule has 3 amide bonds. The Morgan fingerprint density at radius 1 is 0.885 bits per heavy atom. The van der Waals surface area contributed by atoms with Crippen LogP contribution in [0.15, 0.2) is 48.7 Å². The molecule has 4 aromatic rings. The predicted octanol–water partition coefficient (Wildman–Crippen LogP) is 3.60. The largest absolute Gasteiger partial charge is 0.473 e. The second-order valence-corrected chi connectivity index (χ2v) is 16.8. The van der Waals surface area contributed by atoms with Crippen molar-refractivity contribution in [2.75, 3.05) is 55.6 Å². The van der Waals surface area contributed by atoms with Crippen LogP contribution in [0.4, 0.5) is 24.7 Å². The van der Waals surface area contributed by atoms with Gasteiger partial charge in [0, 0.05) is 87.4 Å². The van der Waals surface area contributed by atoms with E-state index >= 15 is 0 Å². The number of aliphatic hydroxyl groups excluding tert-OH is 1. The molecule has 1 saturated carbocycles. The van der Waals surface area contributed by atoms with E-state index in [1.54, 1.807) is 18.3 Å². The van der Waals surface area contributed by atoms with Crippen LogP contribution in [-0.4, -0.2) is 116 Å². The summed E-state index contributed by atoms with van der Waals surface area (Å²) in [6.45, 7) is 5.96. The lowest BCUT2D eigenvalue weighted by Crippen LogP contribution is -2.49. The van der Waals surface area contributed by atoms with Gasteiger partial charge >= 0.3 is 6.18 Å². The average molecular weight is 845 g/mol. The van der Waals surface area contributed by atoms with Crippen molar-refractivity contribution >= 4 is 40.7 Å². The number of aromatic nitrogens is 5. The number of rotatable bonds is 9. The van der Waals surface area contributed by atoms with Crippen molar-refractivity contribution in [1.82, 2.24) is 40.3 Å². The molecule has 3 N–H and O–H groups in total. The van der Waals surface area contributed by atoms with E-state index in [1.165, 1.54) is 12.1 Å². The molecule has 9 rings (SSSR count). The molecular formula is C42H47F3N10O6. The highest BCUT2D eigenvalue weighted by Crippen LogP contribution is 2.47. The van der Waals surface area contributed by atoms with E-state index in [1.807, 2.05) is 18.2 Å². The molecule has 16 nitrogen and oxygen atoms in total. The number of imide groups is 1. The number of carbonyl (C=O) groups is 4. The van der Waals surface area contributed by atoms with Crippen LogP contribution in [0, 0.1) is 17.8 Å². The summed E-state index contributed by atoms with van der Waals surface area (Å²) in [6, 6.07) is 12.0. The Kier molecular flexibility index (Phi) is 11.1. The molecule has 322 valence electrons. The molecule has 1 aromatic carbocycles. The minimum absolute atomic E-state index is 0.0274. The first kappa shape index (κ1) is 40.7. The predicted molar refractivity (Wildman–Crippen MR) is 213 cm³/mol. The molecule has 3 unspecified atom stereocenters. The lowest BCUT2D eigenvalue weighted by Gasteiger charge is -2.40. The van der Waals surface area contributed by atoms with Crippen LogP contribution in [0.2, 0.25) is 0 Å². The Balaban J connectivity index is 0.706. The van der Waals surface area contributed by atoms with Gasteiger partial charge in [-0.25, -0.2) is 4.98 Å². The highest BCUT2D eigenvalue weighted by molar-refractivity contribution is 6.08. The summed E-state index contributed by atoms with van der Waals surface area (Å²) >= 11 is 0. The number of nitrogens with zero attached hydrogens (tertiary/aromatic N) is 8. The molecule has 0 radical (unpaired) electrons. The molecule has 0 bridgehead atoms. The number of halogens is 3. The maximum atomic E-state index is 13.5. The van der Waals surface area contributed by atoms with Crippen LogP contribution in [0.25, 0.3) is 5.65 Å². The number of nitrogens with one attached hydrogen (secondary N) is 2. The van der Waals surface area contributed by atoms with Crippen molar-refractivity contribution < 1.29 is 42.2 Å². The molecule has 5 aliphatic rings. The van der Waals surface area contributed by atoms with Crippen LogP contribution >= 0.6 is 0 Å². The first-order chi connectivity index (χ1) is 29.4. The summed E-state index contributed by atoms with van der Waals surface area (Å²) in [7, 11) is 0. The number of anilines is 2. The molecule has 3 aromatic heterocycles. The Morgan fingerprint density at radius 3 is 2.36 bits per heavy atom. The maximum absolute atomic E-state index is 13.5. The van der Waals surface area contributed by atoms with Gasteiger partial charge in [-0.15, -0.1) is 15.3 Å². The minimum atomic E-state index is -4.70. The number of amides is 3. The molecule has 3 aliphatic heterocycles. The summed E-state index contributed by atoms with van der Waals surface area (Å²) < 4.78 is 46.3. The highest BCUT2D eigenvalue weighted by Gasteiger charge is 2.49. The third kappa shape index (κ3) is 8.36. The average Bonchev–Trinajstić information content (AvgIpc) is 3.80. The van der Waals surface area contributed by atoms with Gasteiger partial charge in [0.1, 0.15) is 11.9 Å². The topological polar surface area (TPSA) is 187 Å². The Morgan fingerprint density at radius 2 is 1.66 bits per heavy atom. The summed E-state index contributed by atoms with van der Waals surface area (Å²) in [5, 5.41) is 27.5. The zero-order chi connectivity index (χ0) is 42.4. The van der Waals surface area contributed by atoms with Gasteiger partial charge < -0.3 is 25.0 Å². The lowest BCUT2D eigenvalue weighted by atomic mass is 9.81. The van der Waals surface area contributed by atoms with Crippen LogP contribution in [0.5, 0.6) is 5.88 Å². The summed E-state index contributed by atoms with van der Waals surface area (Å²) in [5.41, 5.74) is 2.35. The molecule has 3 atom stereocenters. The minimum Gasteiger partial charge on any atom is -0.473 e. The van der Waals surface area contributed by atoms with Gasteiger partial charge in [-0.1, -0.05) is 12.1 Å². The second-order valence-electron chi connectivity index (χ2n) is 16.8. The maximum Gasteiger partial charge on any atom is 0.453 e. The van der Waals surface area contributed by atoms with Gasteiger partial charge in [-0.3, -0.25) is 29.4 Å². The third-order valence-electron chi connectivity index (χ3n) is 13.0. The van der Waals surface area contributed by atoms with Crippen molar-refractivity contribution in [3.63, 3.8) is 0 Å². The number of aliphatic hydroxyl groups is 1. The fraction of sp³-hybridized carbons (Fsp3) is 0.524. The lowest BCUT2D eigenvalue weighted by molar-refractivity contribution is -0.146. The molecule has 19 heteroatoms. The number of fused-ring (bicyclic) bond motifs is 2. The number of pyridine rings is 1. The number of benzene rings is 1. The zero-order valence-corrected chi connectivity index (χ0v) is 33.4. The van der Waals surface area contributed by atoms with Crippen LogP contribution in [0.1, 0.15) is 89.6 Å². The second kappa shape index (κ2) is 16.6. The number of alkyl halides is 3. The quantitative estimate of drug-likeness (QED) is 0.208. The highest BCUT2D eigenvalue weighted by atomic mass is 19.4. The van der Waals surface area contributed by atoms with Crippen LogP contribution in [0.3, 0.4) is 0 Å². The van der Waals surface area contributed by atoms with Crippen LogP contribution < -0.4 is 25.2 Å². The molecule has 4 fully saturated rings. The number of ketones is 1. The van der Waals surface area contributed by atoms with E-state index < -0.39 is 35.8 Å². The number of piperidine rings is 2. The van der Waals surface area contributed by atoms with E-state index in [0.29, 0.717) is 52.8 Å². The molecule has 6 heterocycles. The van der Waals surface area contributed by atoms with Crippen molar-refractivity contribution in [1.29, 1.82) is 0 Å². The van der Waals surface area contributed by atoms with E-state index in [2.05, 4.69) is 45.6 Å². The third-order valence-corrected chi connectivity index (χ3v) is 13.0. The van der Waals surface area contributed by atoms with Gasteiger partial charge in [0.15, 0.2) is 11.4 Å². The summed E-state index contributed by atoms with van der Waals surface area (Å²) in [4.78, 5) is 62.5. The Hall–Kier alpha value is -5.69. The molecule has 61 heavy (non-hydrogen) atoms. The first-order valence-corrected chi connectivity index (χ1v) is 21.0. The van der Waals surface area contributed by atoms with E-state index in [9.17, 15) is 37.5 Å². The number of Topliss-reactive ketones (excluding diaryl/α,β-unsaturated/α-hetero) is 1. The van der Waals surface area contributed by atoms with Gasteiger partial charge in [-0.05, 0) is 75.1 Å². The zero-order valence-electron chi connectivity index (χ0n) is 33.4. The van der Waals surface area contributed by atoms with E-state index in [-0.39, 0.29) is 54.1 Å². The number of hydrogen-bond acceptors (Lipinski definition) is 13. The summed E-state index contributed by atoms with van der Waals surface area (Å²) in [5.74, 6) is -2.75. The van der Waals surface area contributed by atoms with E-state index in [4.69, 9.17) is 4.74 Å². The fourth-order valence-corrected chi connectivity index (χ4v) is 9.68. The van der Waals surface area contributed by atoms with Gasteiger partial charge in [0.2, 0.25) is 17.7 Å². The smallest absolute Gasteiger partial charge is 0.453 e. The van der Waals surface area contributed by atoms with Crippen molar-refractivity contribution in [3.8, 4) is 5.88 Å². The van der Waals surface area contributed by atoms with Crippen LogP contribution in [-0.2, 0) is 15.8 Å². The molecule has 2 aliphatic carbocycles. The molecule has 0 spiro atoms. The van der Waals surface area contributed by atoms with Crippen molar-refractivity contribution in [2.45, 2.75) is 75.8 Å². The fourth-order valence-electron chi connectivity index (χ4n) is 9.68. The van der Waals surface area contributed by atoms with Gasteiger partial charge in [-0.2, -0.15) is 17.7 Å². The van der Waals surface area contributed by atoms with Gasteiger partial charge in [0.25, 0.3) is 11.7 Å². The first-order valence-electron chi connectivity index (χ1n) is 21.0. The number of hydrogen-bond donors (Lipinski definition) is 3. The number of ether oxygens (including phenoxy) is 1. The SMILES string of the molecule is O=C1CCC(C2C(=O)c3cccc(N4CCC(CN5CCN(c6ccc(C(=O)NC7CCC(Oc8ccc9nnc(C(F)(F)F)n9n8)CC7)cn6)CC5)CC4)c3C2O)C(=O)N1. The van der Waals surface area contributed by atoms with E-state index in [0.717, 1.165) is 70.2 Å². The number of piperazine rings is 1. The van der Waals surface area contributed by atoms with Crippen molar-refractivity contribution in [3.05, 3.63) is 71.2 Å². The Labute approximate surface area is 348 Å². The monoisotopic (exact) mass is 844 g/mol. The molecular weight excluding hydrogens is 798 g/mol.